The largest absolute Gasteiger partial charge is 0.523 e. The van der Waals surface area contributed by atoms with Crippen LogP contribution in [0.15, 0.2) is 222 Å². The molecular formula is C87H37F27N10S4. The number of allylic oxidation sites excluding steroid dienone is 6. The van der Waals surface area contributed by atoms with E-state index in [9.17, 15) is 113 Å². The number of aryl methyl sites for hydroxylation is 1. The molecule has 0 fully saturated rings. The minimum atomic E-state index is -10.4. The summed E-state index contributed by atoms with van der Waals surface area (Å²) in [5, 5.41) is 49.3. The van der Waals surface area contributed by atoms with Crippen molar-refractivity contribution in [2.75, 3.05) is 0 Å². The van der Waals surface area contributed by atoms with Gasteiger partial charge in [0.2, 0.25) is 0 Å². The zero-order valence-corrected chi connectivity index (χ0v) is 66.4. The first-order valence-corrected chi connectivity index (χ1v) is 43.0. The summed E-state index contributed by atoms with van der Waals surface area (Å²) in [6.45, 7) is 39.8. The maximum atomic E-state index is 15.8. The van der Waals surface area contributed by atoms with E-state index in [0.717, 1.165) is 18.2 Å². The summed E-state index contributed by atoms with van der Waals surface area (Å²) in [7, 11) is -41.5. The van der Waals surface area contributed by atoms with E-state index in [1.54, 1.807) is 30.3 Å². The fraction of sp³-hybridized carbons (Fsp3) is 0.0575. The number of hydrogen-bond acceptors (Lipinski definition) is 5. The van der Waals surface area contributed by atoms with Crippen LogP contribution in [-0.2, 0) is 25.7 Å². The van der Waals surface area contributed by atoms with Crippen LogP contribution in [0.25, 0.3) is 91.0 Å². The summed E-state index contributed by atoms with van der Waals surface area (Å²) in [4.78, 5) is 6.26. The van der Waals surface area contributed by atoms with Gasteiger partial charge >= 0.3 is 52.5 Å². The Balaban J connectivity index is 0.000000219. The minimum Gasteiger partial charge on any atom is -0.232 e. The monoisotopic (exact) mass is 1860 g/mol. The first-order valence-electron chi connectivity index (χ1n) is 35.2. The Morgan fingerprint density at radius 2 is 0.523 bits per heavy atom. The predicted molar refractivity (Wildman–Crippen MR) is 422 cm³/mol. The zero-order valence-electron chi connectivity index (χ0n) is 63.1. The smallest absolute Gasteiger partial charge is 0.232 e. The molecule has 0 aromatic heterocycles. The molecule has 4 aliphatic carbocycles. The lowest BCUT2D eigenvalue weighted by Crippen LogP contribution is -2.25. The van der Waals surface area contributed by atoms with Crippen LogP contribution in [-0.4, -0.2) is 0 Å². The summed E-state index contributed by atoms with van der Waals surface area (Å²) in [6, 6.07) is 20.8. The Kier molecular flexibility index (Phi) is 19.7. The number of nitriles is 5. The number of hydrogen-bond donors (Lipinski definition) is 0. The third-order valence-electron chi connectivity index (χ3n) is 20.9. The molecule has 10 aromatic carbocycles. The molecule has 0 heterocycles. The normalized spacial score (nSPS) is 15.5. The van der Waals surface area contributed by atoms with Crippen molar-refractivity contribution in [2.45, 2.75) is 52.2 Å². The van der Waals surface area contributed by atoms with Gasteiger partial charge in [-0.3, -0.25) is 0 Å². The molecule has 14 rings (SSSR count). The Morgan fingerprint density at radius 1 is 0.289 bits per heavy atom. The maximum absolute atomic E-state index is 15.8. The first-order chi connectivity index (χ1) is 58.9. The summed E-state index contributed by atoms with van der Waals surface area (Å²) in [5.41, 5.74) is -10.3. The third kappa shape index (κ3) is 16.3. The van der Waals surface area contributed by atoms with Crippen LogP contribution < -0.4 is 20.9 Å². The number of rotatable bonds is 12. The topological polar surface area (TPSA) is 141 Å². The standard InChI is InChI=1S/C45H19F13N6S2.C42H18F14N4S2/c1-22-13-25(14-35(46)34(22)21-61)40-30(27(19-59)20-60)17-31-38(23-5-9-28(10-6-23)65(49,50,51,52)53)43-32(39(42(31)40)24-7-11-29(12-8-24)66(54,55,56,57)58)18-33(45(63-3)64-4)41(43)26-15-36(47)44(62-2)37(48)16-26;1-59-42(60-2)31-18-30-37(22-5-11-27(12-6-22)62(52,53,54,55)56)40-29(17-28(25(19-57)20-58)38(40)23-7-13-32(43)34(45)15-23)36(21-3-9-26(10-4-21)61(47,48,49,50)51)41(30)39(31)24-8-14-33(44)35(46)16-24/h5-16H,17-18H2,1H3;3-16H,17-18H2. The van der Waals surface area contributed by atoms with Gasteiger partial charge in [-0.15, -0.1) is 0 Å². The molecule has 0 N–H and O–H groups in total. The Morgan fingerprint density at radius 3 is 0.766 bits per heavy atom. The van der Waals surface area contributed by atoms with Gasteiger partial charge < -0.3 is 0 Å². The minimum absolute atomic E-state index is 0.00692. The molecule has 0 unspecified atom stereocenters. The summed E-state index contributed by atoms with van der Waals surface area (Å²) in [6.07, 6.45) is -2.67. The van der Waals surface area contributed by atoms with Gasteiger partial charge in [0, 0.05) is 12.8 Å². The quantitative estimate of drug-likeness (QED) is 0.0680. The Bertz CT molecular complexity index is 7190. The van der Waals surface area contributed by atoms with Crippen LogP contribution >= 0.6 is 40.9 Å². The second-order valence-electron chi connectivity index (χ2n) is 28.7. The van der Waals surface area contributed by atoms with E-state index in [1.165, 1.54) is 13.0 Å². The van der Waals surface area contributed by atoms with E-state index in [0.29, 0.717) is 84.9 Å². The molecule has 10 aromatic rings. The molecule has 41 heteroatoms. The summed E-state index contributed by atoms with van der Waals surface area (Å²) in [5.74, 6) is -11.4. The molecule has 10 nitrogen and oxygen atoms in total. The summed E-state index contributed by atoms with van der Waals surface area (Å²) < 4.78 is 387. The van der Waals surface area contributed by atoms with Crippen LogP contribution in [0.1, 0.15) is 55.6 Å². The molecule has 0 atom stereocenters. The van der Waals surface area contributed by atoms with Crippen molar-refractivity contribution in [2.24, 2.45) is 0 Å². The molecule has 0 radical (unpaired) electrons. The van der Waals surface area contributed by atoms with E-state index in [4.69, 9.17) is 32.9 Å². The van der Waals surface area contributed by atoms with Crippen molar-refractivity contribution in [3.05, 3.63) is 377 Å². The molecule has 128 heavy (non-hydrogen) atoms. The van der Waals surface area contributed by atoms with Crippen LogP contribution in [0, 0.1) is 137 Å². The molecule has 0 amide bonds. The van der Waals surface area contributed by atoms with Crippen LogP contribution in [0.5, 0.6) is 0 Å². The molecule has 0 bridgehead atoms. The highest BCUT2D eigenvalue weighted by Crippen LogP contribution is 3.04. The number of halogens is 27. The highest BCUT2D eigenvalue weighted by Gasteiger charge is 2.68. The maximum Gasteiger partial charge on any atom is 0.523 e. The molecule has 648 valence electrons. The molecular weight excluding hydrogens is 1830 g/mol. The number of nitrogens with zero attached hydrogens (tertiary/aromatic N) is 10. The van der Waals surface area contributed by atoms with Crippen LogP contribution in [0.4, 0.5) is 114 Å². The predicted octanol–water partition coefficient (Wildman–Crippen LogP) is 28.2. The van der Waals surface area contributed by atoms with Crippen molar-refractivity contribution >= 4 is 68.9 Å². The highest BCUT2D eigenvalue weighted by molar-refractivity contribution is 8.46. The number of benzene rings is 10. The van der Waals surface area contributed by atoms with E-state index >= 15 is 22.0 Å². The van der Waals surface area contributed by atoms with Gasteiger partial charge in [-0.2, -0.15) is 45.7 Å². The molecule has 0 aliphatic heterocycles. The Labute approximate surface area is 704 Å². The van der Waals surface area contributed by atoms with Gasteiger partial charge in [-0.05, 0) is 266 Å². The lowest BCUT2D eigenvalue weighted by molar-refractivity contribution is 0.360. The Hall–Kier alpha value is -15.0. The molecule has 0 saturated carbocycles. The SMILES string of the molecule is [C-]#[N+]C([N+]#[C-])=C1Cc2c(-c3ccc(S(F)(F)(F)(F)F)cc3)c3c(c(-c4ccc(S(F)(F)(F)(F)F)cc4)c2=C1c1cc(F)c([N+]#[C-])c(F)c1)CC(=C(C#N)C#N)C=3c1cc(C)c(C#N)c(F)c1.[C-]#[N+]C([N+]#[C-])=C1Cc2c(-c3ccc(S(F)(F)(F)(F)F)cc3)c3c(c(-c4ccc(S(F)(F)(F)(F)F)cc4)c2=C1c1ccc(F)c(F)c1)CC(=C(C#N)C#N)C=3c1ccc(F)c(F)c1. The second kappa shape index (κ2) is 27.8. The molecule has 0 saturated heterocycles. The van der Waals surface area contributed by atoms with Gasteiger partial charge in [-0.25, -0.2) is 35.6 Å². The van der Waals surface area contributed by atoms with E-state index in [2.05, 4.69) is 24.2 Å². The average Bonchev–Trinajstić information content (AvgIpc) is 0.851. The molecule has 4 aliphatic rings. The highest BCUT2D eigenvalue weighted by atomic mass is 32.5. The fourth-order valence-electron chi connectivity index (χ4n) is 15.8. The van der Waals surface area contributed by atoms with Gasteiger partial charge in [0.15, 0.2) is 23.3 Å². The van der Waals surface area contributed by atoms with Gasteiger partial charge in [0.25, 0.3) is 5.69 Å². The van der Waals surface area contributed by atoms with Crippen molar-refractivity contribution in [1.82, 2.24) is 0 Å². The van der Waals surface area contributed by atoms with Crippen molar-refractivity contribution in [3.8, 4) is 74.9 Å². The van der Waals surface area contributed by atoms with Crippen LogP contribution in [0.2, 0.25) is 0 Å². The number of fused-ring (bicyclic) bond motifs is 4. The van der Waals surface area contributed by atoms with E-state index in [1.807, 2.05) is 0 Å². The average molecular weight is 1860 g/mol. The summed E-state index contributed by atoms with van der Waals surface area (Å²) >= 11 is 0. The lowest BCUT2D eigenvalue weighted by atomic mass is 9.85. The van der Waals surface area contributed by atoms with E-state index in [-0.39, 0.29) is 192 Å². The third-order valence-corrected chi connectivity index (χ3v) is 25.6. The second-order valence-corrected chi connectivity index (χ2v) is 38.4. The van der Waals surface area contributed by atoms with Crippen molar-refractivity contribution in [3.63, 3.8) is 0 Å². The fourth-order valence-corrected chi connectivity index (χ4v) is 18.4. The molecule has 0 spiro atoms. The van der Waals surface area contributed by atoms with Gasteiger partial charge in [-0.1, -0.05) is 138 Å². The van der Waals surface area contributed by atoms with Crippen molar-refractivity contribution < 1.29 is 108 Å². The lowest BCUT2D eigenvalue weighted by Gasteiger charge is -2.40. The van der Waals surface area contributed by atoms with Crippen LogP contribution in [0.3, 0.4) is 0 Å². The zero-order chi connectivity index (χ0) is 94.5. The van der Waals surface area contributed by atoms with Gasteiger partial charge in [0.05, 0.1) is 23.3 Å². The first kappa shape index (κ1) is 90.8. The van der Waals surface area contributed by atoms with E-state index < -0.39 is 178 Å². The van der Waals surface area contributed by atoms with Gasteiger partial charge in [0.1, 0.15) is 105 Å². The van der Waals surface area contributed by atoms with Crippen molar-refractivity contribution in [1.29, 1.82) is 26.3 Å².